The van der Waals surface area contributed by atoms with Gasteiger partial charge in [-0.15, -0.1) is 0 Å². The molecule has 0 spiro atoms. The Morgan fingerprint density at radius 3 is 1.92 bits per heavy atom. The molecule has 0 amide bonds. The van der Waals surface area contributed by atoms with E-state index in [0.717, 1.165) is 36.5 Å². The molecule has 0 radical (unpaired) electrons. The van der Waals surface area contributed by atoms with Crippen molar-refractivity contribution >= 4 is 5.95 Å². The van der Waals surface area contributed by atoms with Crippen LogP contribution in [0, 0.1) is 13.8 Å². The summed E-state index contributed by atoms with van der Waals surface area (Å²) in [4.78, 5) is 17.0. The lowest BCUT2D eigenvalue weighted by Crippen LogP contribution is -2.64. The number of aromatic nitrogens is 2. The SMILES string of the molecule is Cc1cc(C)nc(N2CC(N3CCN(C4CCCCC4)CC3)C2)n1. The average molecular weight is 329 g/mol. The molecule has 1 aliphatic carbocycles. The fraction of sp³-hybridized carbons (Fsp3) is 0.789. The van der Waals surface area contributed by atoms with E-state index in [4.69, 9.17) is 0 Å². The van der Waals surface area contributed by atoms with Gasteiger partial charge >= 0.3 is 0 Å². The van der Waals surface area contributed by atoms with Crippen LogP contribution in [-0.2, 0) is 0 Å². The molecule has 0 N–H and O–H groups in total. The van der Waals surface area contributed by atoms with Crippen molar-refractivity contribution in [2.45, 2.75) is 58.0 Å². The van der Waals surface area contributed by atoms with Gasteiger partial charge in [0.2, 0.25) is 5.95 Å². The second kappa shape index (κ2) is 6.96. The summed E-state index contributed by atoms with van der Waals surface area (Å²) in [6.45, 7) is 11.3. The molecule has 2 aliphatic heterocycles. The molecule has 0 bridgehead atoms. The van der Waals surface area contributed by atoms with Crippen LogP contribution in [0.15, 0.2) is 6.07 Å². The standard InChI is InChI=1S/C19H31N5/c1-15-12-16(2)21-19(20-15)24-13-18(14-24)23-10-8-22(9-11-23)17-6-4-3-5-7-17/h12,17-18H,3-11,13-14H2,1-2H3. The van der Waals surface area contributed by atoms with Crippen LogP contribution in [0.1, 0.15) is 43.5 Å². The van der Waals surface area contributed by atoms with Crippen molar-refractivity contribution in [1.29, 1.82) is 0 Å². The third-order valence-corrected chi connectivity index (χ3v) is 6.07. The fourth-order valence-electron chi connectivity index (χ4n) is 4.61. The van der Waals surface area contributed by atoms with Crippen molar-refractivity contribution in [2.24, 2.45) is 0 Å². The van der Waals surface area contributed by atoms with Crippen LogP contribution < -0.4 is 4.90 Å². The molecule has 2 saturated heterocycles. The molecule has 0 aromatic carbocycles. The van der Waals surface area contributed by atoms with Gasteiger partial charge in [-0.2, -0.15) is 0 Å². The maximum absolute atomic E-state index is 4.60. The van der Waals surface area contributed by atoms with Gasteiger partial charge in [-0.1, -0.05) is 19.3 Å². The van der Waals surface area contributed by atoms with Gasteiger partial charge < -0.3 is 4.90 Å². The Morgan fingerprint density at radius 1 is 0.792 bits per heavy atom. The maximum atomic E-state index is 4.60. The minimum Gasteiger partial charge on any atom is -0.338 e. The predicted molar refractivity (Wildman–Crippen MR) is 97.5 cm³/mol. The van der Waals surface area contributed by atoms with E-state index in [1.165, 1.54) is 58.3 Å². The lowest BCUT2D eigenvalue weighted by molar-refractivity contribution is 0.0485. The highest BCUT2D eigenvalue weighted by atomic mass is 15.4. The molecule has 24 heavy (non-hydrogen) atoms. The van der Waals surface area contributed by atoms with Crippen molar-refractivity contribution < 1.29 is 0 Å². The van der Waals surface area contributed by atoms with Crippen molar-refractivity contribution in [3.05, 3.63) is 17.5 Å². The van der Waals surface area contributed by atoms with E-state index in [9.17, 15) is 0 Å². The number of anilines is 1. The topological polar surface area (TPSA) is 35.5 Å². The van der Waals surface area contributed by atoms with E-state index < -0.39 is 0 Å². The lowest BCUT2D eigenvalue weighted by atomic mass is 9.93. The van der Waals surface area contributed by atoms with E-state index in [1.807, 2.05) is 6.07 Å². The fourth-order valence-corrected chi connectivity index (χ4v) is 4.61. The number of piperazine rings is 1. The number of aryl methyl sites for hydroxylation is 2. The first-order chi connectivity index (χ1) is 11.7. The second-order valence-corrected chi connectivity index (χ2v) is 7.87. The van der Waals surface area contributed by atoms with E-state index in [2.05, 4.69) is 38.5 Å². The van der Waals surface area contributed by atoms with Gasteiger partial charge in [-0.25, -0.2) is 9.97 Å². The summed E-state index contributed by atoms with van der Waals surface area (Å²) in [5, 5.41) is 0. The molecule has 0 unspecified atom stereocenters. The van der Waals surface area contributed by atoms with Gasteiger partial charge in [0, 0.05) is 62.7 Å². The normalized spacial score (nSPS) is 25.0. The summed E-state index contributed by atoms with van der Waals surface area (Å²) in [6, 6.07) is 3.62. The highest BCUT2D eigenvalue weighted by molar-refractivity contribution is 5.37. The first kappa shape index (κ1) is 16.3. The molecule has 5 nitrogen and oxygen atoms in total. The van der Waals surface area contributed by atoms with E-state index in [0.29, 0.717) is 6.04 Å². The molecule has 3 fully saturated rings. The van der Waals surface area contributed by atoms with E-state index in [1.54, 1.807) is 0 Å². The molecule has 3 heterocycles. The Balaban J connectivity index is 1.26. The Morgan fingerprint density at radius 2 is 1.33 bits per heavy atom. The molecule has 3 aliphatic rings. The number of hydrogen-bond acceptors (Lipinski definition) is 5. The minimum atomic E-state index is 0.697. The largest absolute Gasteiger partial charge is 0.338 e. The molecule has 1 saturated carbocycles. The van der Waals surface area contributed by atoms with E-state index in [-0.39, 0.29) is 0 Å². The average Bonchev–Trinajstić information content (AvgIpc) is 2.54. The zero-order chi connectivity index (χ0) is 16.5. The summed E-state index contributed by atoms with van der Waals surface area (Å²) < 4.78 is 0. The predicted octanol–water partition coefficient (Wildman–Crippen LogP) is 2.23. The molecule has 0 atom stereocenters. The molecular weight excluding hydrogens is 298 g/mol. The van der Waals surface area contributed by atoms with E-state index >= 15 is 0 Å². The summed E-state index contributed by atoms with van der Waals surface area (Å²) >= 11 is 0. The minimum absolute atomic E-state index is 0.697. The molecule has 1 aromatic rings. The van der Waals surface area contributed by atoms with Crippen LogP contribution in [0.2, 0.25) is 0 Å². The quantitative estimate of drug-likeness (QED) is 0.850. The monoisotopic (exact) mass is 329 g/mol. The summed E-state index contributed by atoms with van der Waals surface area (Å²) in [7, 11) is 0. The van der Waals surface area contributed by atoms with Crippen LogP contribution in [0.4, 0.5) is 5.95 Å². The Labute approximate surface area is 146 Å². The van der Waals surface area contributed by atoms with Gasteiger partial charge in [0.15, 0.2) is 0 Å². The molecular formula is C19H31N5. The summed E-state index contributed by atoms with van der Waals surface area (Å²) in [5.74, 6) is 0.921. The lowest BCUT2D eigenvalue weighted by Gasteiger charge is -2.49. The summed E-state index contributed by atoms with van der Waals surface area (Å²) in [5.41, 5.74) is 2.14. The van der Waals surface area contributed by atoms with Crippen LogP contribution in [0.3, 0.4) is 0 Å². The highest BCUT2D eigenvalue weighted by Gasteiger charge is 2.36. The zero-order valence-electron chi connectivity index (χ0n) is 15.2. The number of rotatable bonds is 3. The highest BCUT2D eigenvalue weighted by Crippen LogP contribution is 2.26. The molecule has 5 heteroatoms. The van der Waals surface area contributed by atoms with Crippen molar-refractivity contribution in [2.75, 3.05) is 44.2 Å². The molecule has 132 valence electrons. The zero-order valence-corrected chi connectivity index (χ0v) is 15.2. The first-order valence-corrected chi connectivity index (χ1v) is 9.74. The van der Waals surface area contributed by atoms with Gasteiger partial charge in [-0.05, 0) is 32.8 Å². The molecule has 4 rings (SSSR count). The third-order valence-electron chi connectivity index (χ3n) is 6.07. The Hall–Kier alpha value is -1.20. The smallest absolute Gasteiger partial charge is 0.225 e. The Kier molecular flexibility index (Phi) is 4.72. The second-order valence-electron chi connectivity index (χ2n) is 7.87. The van der Waals surface area contributed by atoms with Crippen LogP contribution in [0.25, 0.3) is 0 Å². The number of nitrogens with zero attached hydrogens (tertiary/aromatic N) is 5. The first-order valence-electron chi connectivity index (χ1n) is 9.74. The van der Waals surface area contributed by atoms with Crippen LogP contribution in [-0.4, -0.2) is 71.1 Å². The van der Waals surface area contributed by atoms with Crippen molar-refractivity contribution in [1.82, 2.24) is 19.8 Å². The van der Waals surface area contributed by atoms with Gasteiger partial charge in [0.1, 0.15) is 0 Å². The molecule has 1 aromatic heterocycles. The Bertz CT molecular complexity index is 535. The van der Waals surface area contributed by atoms with Gasteiger partial charge in [0.05, 0.1) is 0 Å². The van der Waals surface area contributed by atoms with Gasteiger partial charge in [0.25, 0.3) is 0 Å². The third kappa shape index (κ3) is 3.42. The maximum Gasteiger partial charge on any atom is 0.225 e. The van der Waals surface area contributed by atoms with Gasteiger partial charge in [-0.3, -0.25) is 9.80 Å². The number of hydrogen-bond donors (Lipinski definition) is 0. The van der Waals surface area contributed by atoms with Crippen LogP contribution in [0.5, 0.6) is 0 Å². The van der Waals surface area contributed by atoms with Crippen molar-refractivity contribution in [3.63, 3.8) is 0 Å². The van der Waals surface area contributed by atoms with Crippen LogP contribution >= 0.6 is 0 Å². The van der Waals surface area contributed by atoms with Crippen molar-refractivity contribution in [3.8, 4) is 0 Å². The summed E-state index contributed by atoms with van der Waals surface area (Å²) in [6.07, 6.45) is 7.20.